The summed E-state index contributed by atoms with van der Waals surface area (Å²) in [5, 5.41) is 8.60. The van der Waals surface area contributed by atoms with Gasteiger partial charge in [-0.1, -0.05) is 31.2 Å². The molecule has 10 heavy (non-hydrogen) atoms. The van der Waals surface area contributed by atoms with E-state index >= 15 is 0 Å². The lowest BCUT2D eigenvalue weighted by atomic mass is 9.98. The highest BCUT2D eigenvalue weighted by Gasteiger charge is 2.08. The summed E-state index contributed by atoms with van der Waals surface area (Å²) in [6, 6.07) is 2.25. The second kappa shape index (κ2) is 3.22. The SMILES string of the molecule is CC1C=CC=CC(C#N)C1. The lowest BCUT2D eigenvalue weighted by molar-refractivity contribution is 0.593. The molecule has 1 nitrogen and oxygen atoms in total. The quantitative estimate of drug-likeness (QED) is 0.497. The van der Waals surface area contributed by atoms with Crippen molar-refractivity contribution in [2.24, 2.45) is 11.8 Å². The van der Waals surface area contributed by atoms with Gasteiger partial charge in [0.1, 0.15) is 0 Å². The molecular formula is C9H11N. The van der Waals surface area contributed by atoms with Crippen LogP contribution in [0.1, 0.15) is 13.3 Å². The summed E-state index contributed by atoms with van der Waals surface area (Å²) in [7, 11) is 0. The van der Waals surface area contributed by atoms with E-state index in [1.165, 1.54) is 0 Å². The molecule has 0 heterocycles. The summed E-state index contributed by atoms with van der Waals surface area (Å²) in [6.45, 7) is 2.13. The molecule has 0 aliphatic heterocycles. The fourth-order valence-electron chi connectivity index (χ4n) is 1.11. The third kappa shape index (κ3) is 1.73. The van der Waals surface area contributed by atoms with Gasteiger partial charge in [-0.15, -0.1) is 0 Å². The maximum Gasteiger partial charge on any atom is 0.0697 e. The van der Waals surface area contributed by atoms with Crippen LogP contribution in [0, 0.1) is 23.2 Å². The summed E-state index contributed by atoms with van der Waals surface area (Å²) >= 11 is 0. The van der Waals surface area contributed by atoms with E-state index in [4.69, 9.17) is 5.26 Å². The van der Waals surface area contributed by atoms with E-state index in [1.54, 1.807) is 0 Å². The maximum atomic E-state index is 8.60. The highest BCUT2D eigenvalue weighted by molar-refractivity contribution is 5.13. The van der Waals surface area contributed by atoms with Crippen molar-refractivity contribution in [2.75, 3.05) is 0 Å². The van der Waals surface area contributed by atoms with E-state index in [0.29, 0.717) is 5.92 Å². The maximum absolute atomic E-state index is 8.60. The zero-order valence-corrected chi connectivity index (χ0v) is 6.12. The monoisotopic (exact) mass is 133 g/mol. The van der Waals surface area contributed by atoms with Gasteiger partial charge in [0.25, 0.3) is 0 Å². The van der Waals surface area contributed by atoms with E-state index in [-0.39, 0.29) is 5.92 Å². The lowest BCUT2D eigenvalue weighted by Crippen LogP contribution is -1.97. The van der Waals surface area contributed by atoms with Crippen LogP contribution in [0.4, 0.5) is 0 Å². The number of nitrogens with zero attached hydrogens (tertiary/aromatic N) is 1. The number of allylic oxidation sites excluding steroid dienone is 4. The van der Waals surface area contributed by atoms with Crippen LogP contribution in [0.5, 0.6) is 0 Å². The Morgan fingerprint density at radius 1 is 1.40 bits per heavy atom. The molecular weight excluding hydrogens is 122 g/mol. The fourth-order valence-corrected chi connectivity index (χ4v) is 1.11. The van der Waals surface area contributed by atoms with Crippen molar-refractivity contribution >= 4 is 0 Å². The number of hydrogen-bond donors (Lipinski definition) is 0. The Balaban J connectivity index is 2.62. The molecule has 0 saturated heterocycles. The van der Waals surface area contributed by atoms with E-state index in [9.17, 15) is 0 Å². The first-order valence-corrected chi connectivity index (χ1v) is 3.57. The second-order valence-corrected chi connectivity index (χ2v) is 2.72. The molecule has 1 heteroatoms. The number of rotatable bonds is 0. The molecule has 0 aromatic carbocycles. The summed E-state index contributed by atoms with van der Waals surface area (Å²) in [4.78, 5) is 0. The van der Waals surface area contributed by atoms with E-state index < -0.39 is 0 Å². The zero-order valence-electron chi connectivity index (χ0n) is 6.12. The highest BCUT2D eigenvalue weighted by atomic mass is 14.3. The first-order valence-electron chi connectivity index (χ1n) is 3.57. The Hall–Kier alpha value is -1.03. The normalized spacial score (nSPS) is 31.2. The number of nitriles is 1. The Labute approximate surface area is 61.7 Å². The Morgan fingerprint density at radius 3 is 2.80 bits per heavy atom. The predicted octanol–water partition coefficient (Wildman–Crippen LogP) is 2.28. The molecule has 1 aliphatic rings. The van der Waals surface area contributed by atoms with Crippen molar-refractivity contribution in [3.8, 4) is 6.07 Å². The van der Waals surface area contributed by atoms with Crippen molar-refractivity contribution in [3.05, 3.63) is 24.3 Å². The predicted molar refractivity (Wildman–Crippen MR) is 41.2 cm³/mol. The minimum atomic E-state index is 0.116. The average molecular weight is 133 g/mol. The standard InChI is InChI=1S/C9H11N/c1-8-4-2-3-5-9(6-8)7-10/h2-5,8-9H,6H2,1H3. The van der Waals surface area contributed by atoms with E-state index in [0.717, 1.165) is 6.42 Å². The van der Waals surface area contributed by atoms with Crippen LogP contribution < -0.4 is 0 Å². The third-order valence-electron chi connectivity index (χ3n) is 1.69. The highest BCUT2D eigenvalue weighted by Crippen LogP contribution is 2.16. The molecule has 0 aromatic heterocycles. The van der Waals surface area contributed by atoms with Crippen molar-refractivity contribution in [1.82, 2.24) is 0 Å². The van der Waals surface area contributed by atoms with E-state index in [2.05, 4.69) is 19.1 Å². The van der Waals surface area contributed by atoms with Gasteiger partial charge in [-0.2, -0.15) is 5.26 Å². The minimum Gasteiger partial charge on any atom is -0.198 e. The molecule has 0 bridgehead atoms. The van der Waals surface area contributed by atoms with Gasteiger partial charge >= 0.3 is 0 Å². The summed E-state index contributed by atoms with van der Waals surface area (Å²) < 4.78 is 0. The Bertz CT molecular complexity index is 195. The van der Waals surface area contributed by atoms with Crippen LogP contribution in [0.3, 0.4) is 0 Å². The molecule has 0 radical (unpaired) electrons. The molecule has 52 valence electrons. The largest absolute Gasteiger partial charge is 0.198 e. The van der Waals surface area contributed by atoms with Gasteiger partial charge in [0.05, 0.1) is 12.0 Å². The van der Waals surface area contributed by atoms with Gasteiger partial charge in [0.15, 0.2) is 0 Å². The molecule has 2 atom stereocenters. The van der Waals surface area contributed by atoms with Crippen LogP contribution in [-0.4, -0.2) is 0 Å². The topological polar surface area (TPSA) is 23.8 Å². The molecule has 1 aliphatic carbocycles. The lowest BCUT2D eigenvalue weighted by Gasteiger charge is -2.04. The second-order valence-electron chi connectivity index (χ2n) is 2.72. The molecule has 2 unspecified atom stereocenters. The van der Waals surface area contributed by atoms with Crippen LogP contribution >= 0.6 is 0 Å². The third-order valence-corrected chi connectivity index (χ3v) is 1.69. The van der Waals surface area contributed by atoms with Gasteiger partial charge in [-0.25, -0.2) is 0 Å². The molecule has 0 aromatic rings. The Morgan fingerprint density at radius 2 is 2.10 bits per heavy atom. The van der Waals surface area contributed by atoms with Crippen LogP contribution in [0.15, 0.2) is 24.3 Å². The fraction of sp³-hybridized carbons (Fsp3) is 0.444. The molecule has 0 spiro atoms. The minimum absolute atomic E-state index is 0.116. The smallest absolute Gasteiger partial charge is 0.0697 e. The van der Waals surface area contributed by atoms with Gasteiger partial charge in [-0.3, -0.25) is 0 Å². The van der Waals surface area contributed by atoms with E-state index in [1.807, 2.05) is 18.2 Å². The van der Waals surface area contributed by atoms with Gasteiger partial charge in [0.2, 0.25) is 0 Å². The number of hydrogen-bond acceptors (Lipinski definition) is 1. The zero-order chi connectivity index (χ0) is 7.40. The molecule has 0 saturated carbocycles. The molecule has 0 amide bonds. The van der Waals surface area contributed by atoms with Crippen LogP contribution in [0.2, 0.25) is 0 Å². The summed E-state index contributed by atoms with van der Waals surface area (Å²) in [5.41, 5.74) is 0. The van der Waals surface area contributed by atoms with Crippen molar-refractivity contribution in [1.29, 1.82) is 5.26 Å². The Kier molecular flexibility index (Phi) is 2.28. The first kappa shape index (κ1) is 7.08. The van der Waals surface area contributed by atoms with Crippen LogP contribution in [-0.2, 0) is 0 Å². The van der Waals surface area contributed by atoms with Crippen LogP contribution in [0.25, 0.3) is 0 Å². The summed E-state index contributed by atoms with van der Waals surface area (Å²) in [5.74, 6) is 0.657. The van der Waals surface area contributed by atoms with Crippen molar-refractivity contribution in [3.63, 3.8) is 0 Å². The molecule has 1 rings (SSSR count). The molecule has 0 N–H and O–H groups in total. The van der Waals surface area contributed by atoms with Crippen molar-refractivity contribution in [2.45, 2.75) is 13.3 Å². The van der Waals surface area contributed by atoms with Gasteiger partial charge < -0.3 is 0 Å². The average Bonchev–Trinajstić information content (AvgIpc) is 2.13. The van der Waals surface area contributed by atoms with Crippen molar-refractivity contribution < 1.29 is 0 Å². The van der Waals surface area contributed by atoms with Gasteiger partial charge in [0, 0.05) is 0 Å². The first-order chi connectivity index (χ1) is 4.83. The van der Waals surface area contributed by atoms with Gasteiger partial charge in [-0.05, 0) is 12.3 Å². The summed E-state index contributed by atoms with van der Waals surface area (Å²) in [6.07, 6.45) is 9.02. The molecule has 0 fully saturated rings.